The first-order chi connectivity index (χ1) is 5.13. The molecule has 0 atom stereocenters. The summed E-state index contributed by atoms with van der Waals surface area (Å²) in [6, 6.07) is 0. The van der Waals surface area contributed by atoms with Crippen molar-refractivity contribution in [3.63, 3.8) is 0 Å². The highest BCUT2D eigenvalue weighted by molar-refractivity contribution is 5.30. The Morgan fingerprint density at radius 1 is 1.45 bits per heavy atom. The molecular weight excluding hydrogens is 138 g/mol. The lowest BCUT2D eigenvalue weighted by Gasteiger charge is -2.06. The van der Waals surface area contributed by atoms with Crippen molar-refractivity contribution in [1.29, 1.82) is 0 Å². The quantitative estimate of drug-likeness (QED) is 0.493. The molecule has 60 valence electrons. The zero-order chi connectivity index (χ0) is 8.85. The molecule has 0 heterocycles. The van der Waals surface area contributed by atoms with Crippen LogP contribution < -0.4 is 5.73 Å². The van der Waals surface area contributed by atoms with Crippen LogP contribution in [0.3, 0.4) is 0 Å². The molecule has 0 aromatic heterocycles. The van der Waals surface area contributed by atoms with E-state index in [0.29, 0.717) is 11.5 Å². The van der Waals surface area contributed by atoms with Crippen LogP contribution >= 0.6 is 0 Å². The molecule has 2 heteroatoms. The zero-order valence-electron chi connectivity index (χ0n) is 6.76. The van der Waals surface area contributed by atoms with Gasteiger partial charge in [0.25, 0.3) is 0 Å². The molecule has 0 bridgehead atoms. The predicted octanol–water partition coefficient (Wildman–Crippen LogP) is 2.08. The monoisotopic (exact) mass is 151 g/mol. The number of rotatable bonds is 4. The maximum absolute atomic E-state index is 5.43. The summed E-state index contributed by atoms with van der Waals surface area (Å²) in [5.74, 6) is 0.523. The molecule has 0 aliphatic heterocycles. The van der Waals surface area contributed by atoms with Crippen LogP contribution in [0.1, 0.15) is 6.92 Å². The van der Waals surface area contributed by atoms with Gasteiger partial charge in [-0.3, -0.25) is 0 Å². The minimum Gasteiger partial charge on any atom is -0.463 e. The predicted molar refractivity (Wildman–Crippen MR) is 47.5 cm³/mol. The maximum atomic E-state index is 5.43. The van der Waals surface area contributed by atoms with E-state index < -0.39 is 0 Å². The van der Waals surface area contributed by atoms with E-state index in [2.05, 4.69) is 19.7 Å². The fourth-order valence-electron chi connectivity index (χ4n) is 0.598. The van der Waals surface area contributed by atoms with Gasteiger partial charge in [0.15, 0.2) is 5.76 Å². The number of ether oxygens (including phenoxy) is 1. The highest BCUT2D eigenvalue weighted by atomic mass is 16.5. The molecule has 2 N–H and O–H groups in total. The summed E-state index contributed by atoms with van der Waals surface area (Å²) < 4.78 is 5.00. The van der Waals surface area contributed by atoms with E-state index in [0.717, 1.165) is 5.57 Å². The molecule has 0 saturated carbocycles. The normalized spacial score (nSPS) is 11.4. The van der Waals surface area contributed by atoms with E-state index in [9.17, 15) is 0 Å². The van der Waals surface area contributed by atoms with Gasteiger partial charge in [-0.2, -0.15) is 0 Å². The van der Waals surface area contributed by atoms with Gasteiger partial charge in [-0.25, -0.2) is 0 Å². The first kappa shape index (κ1) is 9.56. The maximum Gasteiger partial charge on any atom is 0.151 e. The Labute approximate surface area is 67.4 Å². The van der Waals surface area contributed by atoms with Crippen molar-refractivity contribution in [2.75, 3.05) is 0 Å². The van der Waals surface area contributed by atoms with Crippen LogP contribution in [0.15, 0.2) is 49.1 Å². The van der Waals surface area contributed by atoms with Crippen molar-refractivity contribution in [3.05, 3.63) is 49.1 Å². The average molecular weight is 151 g/mol. The topological polar surface area (TPSA) is 35.2 Å². The standard InChI is InChI=1S/C9H13NO/c1-5-7(3)9(8(4)10)11-6-2/h5-6H,1-2,4,10H2,3H3/b9-7-. The zero-order valence-corrected chi connectivity index (χ0v) is 6.76. The molecule has 0 fully saturated rings. The molecule has 0 radical (unpaired) electrons. The van der Waals surface area contributed by atoms with Crippen molar-refractivity contribution in [2.45, 2.75) is 6.92 Å². The van der Waals surface area contributed by atoms with Gasteiger partial charge in [0, 0.05) is 0 Å². The summed E-state index contributed by atoms with van der Waals surface area (Å²) in [5.41, 5.74) is 6.65. The molecule has 0 spiro atoms. The molecular formula is C9H13NO. The van der Waals surface area contributed by atoms with Crippen LogP contribution in [0, 0.1) is 0 Å². The summed E-state index contributed by atoms with van der Waals surface area (Å²) in [6.07, 6.45) is 2.96. The SMILES string of the molecule is C=CO/C(C(=C)N)=C(/C)C=C. The van der Waals surface area contributed by atoms with Crippen LogP contribution in [-0.4, -0.2) is 0 Å². The van der Waals surface area contributed by atoms with E-state index in [1.165, 1.54) is 6.26 Å². The lowest BCUT2D eigenvalue weighted by Crippen LogP contribution is -2.02. The van der Waals surface area contributed by atoms with Crippen molar-refractivity contribution >= 4 is 0 Å². The lowest BCUT2D eigenvalue weighted by molar-refractivity contribution is 0.358. The molecule has 0 aromatic rings. The van der Waals surface area contributed by atoms with Gasteiger partial charge >= 0.3 is 0 Å². The molecule has 2 nitrogen and oxygen atoms in total. The Morgan fingerprint density at radius 2 is 2.00 bits per heavy atom. The van der Waals surface area contributed by atoms with Crippen LogP contribution in [0.5, 0.6) is 0 Å². The van der Waals surface area contributed by atoms with Crippen molar-refractivity contribution in [1.82, 2.24) is 0 Å². The Morgan fingerprint density at radius 3 is 2.27 bits per heavy atom. The second-order valence-corrected chi connectivity index (χ2v) is 2.03. The summed E-state index contributed by atoms with van der Waals surface area (Å²) in [6.45, 7) is 12.4. The van der Waals surface area contributed by atoms with Crippen molar-refractivity contribution in [3.8, 4) is 0 Å². The Hall–Kier alpha value is -1.44. The minimum absolute atomic E-state index is 0.377. The van der Waals surface area contributed by atoms with Gasteiger partial charge in [0.2, 0.25) is 0 Å². The number of hydrogen-bond donors (Lipinski definition) is 1. The van der Waals surface area contributed by atoms with Gasteiger partial charge in [-0.05, 0) is 12.5 Å². The van der Waals surface area contributed by atoms with Crippen LogP contribution in [-0.2, 0) is 4.74 Å². The van der Waals surface area contributed by atoms with Crippen molar-refractivity contribution < 1.29 is 4.74 Å². The Kier molecular flexibility index (Phi) is 3.81. The third-order valence-corrected chi connectivity index (χ3v) is 1.16. The van der Waals surface area contributed by atoms with Crippen LogP contribution in [0.25, 0.3) is 0 Å². The molecule has 0 saturated heterocycles. The lowest BCUT2D eigenvalue weighted by atomic mass is 10.2. The third kappa shape index (κ3) is 2.76. The number of nitrogens with two attached hydrogens (primary N) is 1. The molecule has 0 aliphatic rings. The molecule has 0 unspecified atom stereocenters. The summed E-state index contributed by atoms with van der Waals surface area (Å²) >= 11 is 0. The van der Waals surface area contributed by atoms with E-state index in [4.69, 9.17) is 10.5 Å². The first-order valence-electron chi connectivity index (χ1n) is 3.19. The Bertz CT molecular complexity index is 214. The molecule has 0 aromatic carbocycles. The molecule has 11 heavy (non-hydrogen) atoms. The third-order valence-electron chi connectivity index (χ3n) is 1.16. The number of allylic oxidation sites excluding steroid dienone is 2. The largest absolute Gasteiger partial charge is 0.463 e. The van der Waals surface area contributed by atoms with Crippen LogP contribution in [0.2, 0.25) is 0 Å². The van der Waals surface area contributed by atoms with Gasteiger partial charge in [-0.15, -0.1) is 0 Å². The fourth-order valence-corrected chi connectivity index (χ4v) is 0.598. The second-order valence-electron chi connectivity index (χ2n) is 2.03. The summed E-state index contributed by atoms with van der Waals surface area (Å²) in [4.78, 5) is 0. The van der Waals surface area contributed by atoms with E-state index in [-0.39, 0.29) is 0 Å². The van der Waals surface area contributed by atoms with Crippen LogP contribution in [0.4, 0.5) is 0 Å². The fraction of sp³-hybridized carbons (Fsp3) is 0.111. The van der Waals surface area contributed by atoms with E-state index in [1.807, 2.05) is 6.92 Å². The summed E-state index contributed by atoms with van der Waals surface area (Å²) in [7, 11) is 0. The summed E-state index contributed by atoms with van der Waals surface area (Å²) in [5, 5.41) is 0. The van der Waals surface area contributed by atoms with E-state index in [1.54, 1.807) is 6.08 Å². The number of hydrogen-bond acceptors (Lipinski definition) is 2. The van der Waals surface area contributed by atoms with Gasteiger partial charge < -0.3 is 10.5 Å². The molecule has 0 aliphatic carbocycles. The van der Waals surface area contributed by atoms with Crippen molar-refractivity contribution in [2.24, 2.45) is 5.73 Å². The highest BCUT2D eigenvalue weighted by Gasteiger charge is 2.00. The highest BCUT2D eigenvalue weighted by Crippen LogP contribution is 2.11. The smallest absolute Gasteiger partial charge is 0.151 e. The van der Waals surface area contributed by atoms with E-state index >= 15 is 0 Å². The van der Waals surface area contributed by atoms with Gasteiger partial charge in [0.1, 0.15) is 0 Å². The first-order valence-corrected chi connectivity index (χ1v) is 3.19. The minimum atomic E-state index is 0.377. The Balaban J connectivity index is 4.70. The van der Waals surface area contributed by atoms with Gasteiger partial charge in [0.05, 0.1) is 12.0 Å². The molecule has 0 rings (SSSR count). The molecule has 0 amide bonds. The van der Waals surface area contributed by atoms with Gasteiger partial charge in [-0.1, -0.05) is 25.8 Å². The average Bonchev–Trinajstić information content (AvgIpc) is 1.98. The second kappa shape index (κ2) is 4.39.